The smallest absolute Gasteiger partial charge is 0.0995 e. The quantitative estimate of drug-likeness (QED) is 0.789. The monoisotopic (exact) mass is 251 g/mol. The van der Waals surface area contributed by atoms with Gasteiger partial charge in [-0.05, 0) is 30.0 Å². The number of rotatable bonds is 3. The van der Waals surface area contributed by atoms with Gasteiger partial charge in [-0.25, -0.2) is 0 Å². The lowest BCUT2D eigenvalue weighted by Gasteiger charge is -2.12. The molecule has 0 heterocycles. The molecule has 1 nitrogen and oxygen atoms in total. The van der Waals surface area contributed by atoms with E-state index in [2.05, 4.69) is 35.8 Å². The highest BCUT2D eigenvalue weighted by Crippen LogP contribution is 2.26. The van der Waals surface area contributed by atoms with Gasteiger partial charge in [-0.15, -0.1) is 0 Å². The van der Waals surface area contributed by atoms with Crippen LogP contribution in [0.2, 0.25) is 0 Å². The predicted molar refractivity (Wildman–Crippen MR) is 62.2 cm³/mol. The van der Waals surface area contributed by atoms with Crippen LogP contribution in [-0.2, 0) is 0 Å². The third-order valence-electron chi connectivity index (χ3n) is 2.39. The summed E-state index contributed by atoms with van der Waals surface area (Å²) in [5.74, 6) is 0.475. The molecule has 0 radical (unpaired) electrons. The van der Waals surface area contributed by atoms with Crippen LogP contribution in [0.3, 0.4) is 0 Å². The molecule has 0 aliphatic carbocycles. The van der Waals surface area contributed by atoms with Crippen LogP contribution in [0, 0.1) is 11.3 Å². The largest absolute Gasteiger partial charge is 0.192 e. The van der Waals surface area contributed by atoms with Crippen molar-refractivity contribution >= 4 is 15.9 Å². The van der Waals surface area contributed by atoms with Gasteiger partial charge in [0.1, 0.15) is 0 Å². The summed E-state index contributed by atoms with van der Waals surface area (Å²) in [5.41, 5.74) is 1.96. The van der Waals surface area contributed by atoms with Gasteiger partial charge in [0.05, 0.1) is 11.6 Å². The van der Waals surface area contributed by atoms with E-state index in [9.17, 15) is 0 Å². The number of hydrogen-bond donors (Lipinski definition) is 0. The van der Waals surface area contributed by atoms with Crippen LogP contribution in [-0.4, -0.2) is 0 Å². The van der Waals surface area contributed by atoms with Crippen molar-refractivity contribution in [2.24, 2.45) is 0 Å². The molecule has 0 aliphatic heterocycles. The van der Waals surface area contributed by atoms with Gasteiger partial charge in [-0.1, -0.05) is 42.3 Å². The molecule has 0 fully saturated rings. The van der Waals surface area contributed by atoms with Crippen molar-refractivity contribution in [1.82, 2.24) is 0 Å². The van der Waals surface area contributed by atoms with E-state index in [1.54, 1.807) is 0 Å². The summed E-state index contributed by atoms with van der Waals surface area (Å²) in [5, 5.41) is 8.99. The number of nitriles is 1. The third-order valence-corrected chi connectivity index (χ3v) is 2.88. The maximum Gasteiger partial charge on any atom is 0.0995 e. The summed E-state index contributed by atoms with van der Waals surface area (Å²) in [6, 6.07) is 8.18. The van der Waals surface area contributed by atoms with Crippen molar-refractivity contribution in [3.63, 3.8) is 0 Å². The van der Waals surface area contributed by atoms with E-state index in [0.717, 1.165) is 28.4 Å². The van der Waals surface area contributed by atoms with Crippen molar-refractivity contribution in [2.45, 2.75) is 32.6 Å². The Morgan fingerprint density at radius 1 is 1.50 bits per heavy atom. The molecule has 0 aliphatic rings. The molecule has 0 amide bonds. The van der Waals surface area contributed by atoms with Crippen LogP contribution in [0.4, 0.5) is 0 Å². The lowest BCUT2D eigenvalue weighted by atomic mass is 9.93. The fourth-order valence-electron chi connectivity index (χ4n) is 1.64. The first-order chi connectivity index (χ1) is 6.69. The molecule has 1 rings (SSSR count). The van der Waals surface area contributed by atoms with E-state index in [1.165, 1.54) is 0 Å². The molecule has 0 aromatic heterocycles. The van der Waals surface area contributed by atoms with E-state index in [1.807, 2.05) is 18.2 Å². The summed E-state index contributed by atoms with van der Waals surface area (Å²) in [7, 11) is 0. The molecule has 0 saturated heterocycles. The summed E-state index contributed by atoms with van der Waals surface area (Å²) in [6.07, 6.45) is 2.29. The van der Waals surface area contributed by atoms with E-state index in [4.69, 9.17) is 5.26 Å². The van der Waals surface area contributed by atoms with E-state index in [0.29, 0.717) is 5.92 Å². The Morgan fingerprint density at radius 3 is 2.79 bits per heavy atom. The van der Waals surface area contributed by atoms with Crippen molar-refractivity contribution < 1.29 is 0 Å². The molecule has 2 heteroatoms. The summed E-state index contributed by atoms with van der Waals surface area (Å²) >= 11 is 3.37. The minimum absolute atomic E-state index is 0.475. The summed E-state index contributed by atoms with van der Waals surface area (Å²) in [6.45, 7) is 4.34. The first-order valence-electron chi connectivity index (χ1n) is 4.88. The molecule has 14 heavy (non-hydrogen) atoms. The second-order valence-electron chi connectivity index (χ2n) is 3.53. The molecule has 1 aromatic carbocycles. The normalized spacial score (nSPS) is 12.1. The van der Waals surface area contributed by atoms with Gasteiger partial charge in [0, 0.05) is 4.47 Å². The maximum atomic E-state index is 8.99. The number of halogens is 1. The maximum absolute atomic E-state index is 8.99. The minimum Gasteiger partial charge on any atom is -0.192 e. The number of benzene rings is 1. The standard InChI is InChI=1S/C12H14BrN/c1-3-4-9(2)12-6-5-11(13)7-10(12)8-14/h5-7,9H,3-4H2,1-2H3. The first kappa shape index (κ1) is 11.3. The summed E-state index contributed by atoms with van der Waals surface area (Å²) in [4.78, 5) is 0. The highest BCUT2D eigenvalue weighted by atomic mass is 79.9. The molecule has 0 bridgehead atoms. The van der Waals surface area contributed by atoms with Crippen LogP contribution in [0.15, 0.2) is 22.7 Å². The van der Waals surface area contributed by atoms with Crippen molar-refractivity contribution in [3.8, 4) is 6.07 Å². The SMILES string of the molecule is CCCC(C)c1ccc(Br)cc1C#N. The van der Waals surface area contributed by atoms with Gasteiger partial charge < -0.3 is 0 Å². The van der Waals surface area contributed by atoms with Gasteiger partial charge in [-0.2, -0.15) is 5.26 Å². The van der Waals surface area contributed by atoms with Gasteiger partial charge in [0.15, 0.2) is 0 Å². The van der Waals surface area contributed by atoms with Crippen molar-refractivity contribution in [3.05, 3.63) is 33.8 Å². The lowest BCUT2D eigenvalue weighted by Crippen LogP contribution is -1.96. The average molecular weight is 252 g/mol. The Balaban J connectivity index is 3.03. The van der Waals surface area contributed by atoms with E-state index >= 15 is 0 Å². The van der Waals surface area contributed by atoms with Crippen LogP contribution in [0.1, 0.15) is 43.7 Å². The average Bonchev–Trinajstić information content (AvgIpc) is 2.17. The van der Waals surface area contributed by atoms with Crippen LogP contribution in [0.5, 0.6) is 0 Å². The molecule has 1 unspecified atom stereocenters. The van der Waals surface area contributed by atoms with E-state index in [-0.39, 0.29) is 0 Å². The Morgan fingerprint density at radius 2 is 2.21 bits per heavy atom. The zero-order chi connectivity index (χ0) is 10.6. The topological polar surface area (TPSA) is 23.8 Å². The van der Waals surface area contributed by atoms with Crippen LogP contribution < -0.4 is 0 Å². The Hall–Kier alpha value is -0.810. The molecule has 0 spiro atoms. The molecular formula is C12H14BrN. The molecule has 74 valence electrons. The Bertz CT molecular complexity index is 352. The highest BCUT2D eigenvalue weighted by Gasteiger charge is 2.09. The first-order valence-corrected chi connectivity index (χ1v) is 5.68. The fourth-order valence-corrected chi connectivity index (χ4v) is 2.00. The fraction of sp³-hybridized carbons (Fsp3) is 0.417. The molecule has 1 atom stereocenters. The summed E-state index contributed by atoms with van der Waals surface area (Å²) < 4.78 is 0.974. The zero-order valence-corrected chi connectivity index (χ0v) is 10.1. The molecule has 0 saturated carbocycles. The lowest BCUT2D eigenvalue weighted by molar-refractivity contribution is 0.663. The number of hydrogen-bond acceptors (Lipinski definition) is 1. The van der Waals surface area contributed by atoms with Crippen LogP contribution in [0.25, 0.3) is 0 Å². The van der Waals surface area contributed by atoms with Gasteiger partial charge in [0.25, 0.3) is 0 Å². The van der Waals surface area contributed by atoms with Crippen molar-refractivity contribution in [1.29, 1.82) is 5.26 Å². The van der Waals surface area contributed by atoms with Crippen LogP contribution >= 0.6 is 15.9 Å². The predicted octanol–water partition coefficient (Wildman–Crippen LogP) is 4.22. The van der Waals surface area contributed by atoms with E-state index < -0.39 is 0 Å². The molecular weight excluding hydrogens is 238 g/mol. The van der Waals surface area contributed by atoms with Gasteiger partial charge in [-0.3, -0.25) is 0 Å². The molecule has 0 N–H and O–H groups in total. The van der Waals surface area contributed by atoms with Gasteiger partial charge in [0.2, 0.25) is 0 Å². The molecule has 1 aromatic rings. The van der Waals surface area contributed by atoms with Crippen molar-refractivity contribution in [2.75, 3.05) is 0 Å². The Kier molecular flexibility index (Phi) is 4.16. The highest BCUT2D eigenvalue weighted by molar-refractivity contribution is 9.10. The van der Waals surface area contributed by atoms with Gasteiger partial charge >= 0.3 is 0 Å². The second-order valence-corrected chi connectivity index (χ2v) is 4.45. The number of nitrogens with zero attached hydrogens (tertiary/aromatic N) is 1. The second kappa shape index (κ2) is 5.17. The third kappa shape index (κ3) is 2.59. The minimum atomic E-state index is 0.475. The Labute approximate surface area is 93.9 Å². The zero-order valence-electron chi connectivity index (χ0n) is 8.55.